The molecular formula is C24H37N3O2. The zero-order valence-electron chi connectivity index (χ0n) is 18.5. The minimum atomic E-state index is -0.453. The lowest BCUT2D eigenvalue weighted by Gasteiger charge is -2.19. The van der Waals surface area contributed by atoms with E-state index in [-0.39, 0.29) is 6.09 Å². The number of hydrogen-bond acceptors (Lipinski definition) is 4. The number of carbonyl (C=O) groups is 1. The molecule has 160 valence electrons. The molecule has 1 aromatic carbocycles. The normalized spacial score (nSPS) is 11.6. The molecule has 0 aliphatic heterocycles. The number of pyridine rings is 1. The number of nitrogens with zero attached hydrogens (tertiary/aromatic N) is 1. The van der Waals surface area contributed by atoms with Crippen LogP contribution in [0.5, 0.6) is 0 Å². The van der Waals surface area contributed by atoms with Gasteiger partial charge in [0.15, 0.2) is 0 Å². The molecule has 0 saturated heterocycles. The van der Waals surface area contributed by atoms with Crippen LogP contribution in [-0.4, -0.2) is 23.2 Å². The fraction of sp³-hybridized carbons (Fsp3) is 0.583. The first-order chi connectivity index (χ1) is 13.8. The topological polar surface area (TPSA) is 77.2 Å². The Balaban J connectivity index is 1.86. The van der Waals surface area contributed by atoms with Gasteiger partial charge in [0.05, 0.1) is 5.52 Å². The molecule has 0 saturated carbocycles. The largest absolute Gasteiger partial charge is 0.444 e. The smallest absolute Gasteiger partial charge is 0.407 e. The van der Waals surface area contributed by atoms with Crippen molar-refractivity contribution >= 4 is 22.8 Å². The number of amides is 1. The summed E-state index contributed by atoms with van der Waals surface area (Å²) in [7, 11) is 0. The Morgan fingerprint density at radius 1 is 1.07 bits per heavy atom. The third kappa shape index (κ3) is 7.92. The Bertz CT molecular complexity index is 797. The summed E-state index contributed by atoms with van der Waals surface area (Å²) in [5.41, 5.74) is 9.20. The Hall–Kier alpha value is -2.30. The second kappa shape index (κ2) is 11.0. The van der Waals surface area contributed by atoms with Crippen molar-refractivity contribution in [1.82, 2.24) is 10.3 Å². The van der Waals surface area contributed by atoms with Crippen LogP contribution in [0.3, 0.4) is 0 Å². The number of fused-ring (bicyclic) bond motifs is 1. The van der Waals surface area contributed by atoms with Gasteiger partial charge in [-0.25, -0.2) is 9.78 Å². The molecular weight excluding hydrogens is 362 g/mol. The van der Waals surface area contributed by atoms with Crippen molar-refractivity contribution in [3.63, 3.8) is 0 Å². The number of nitrogen functional groups attached to an aromatic ring is 1. The van der Waals surface area contributed by atoms with Gasteiger partial charge in [0.25, 0.3) is 0 Å². The minimum Gasteiger partial charge on any atom is -0.444 e. The van der Waals surface area contributed by atoms with E-state index < -0.39 is 5.60 Å². The number of carbonyl (C=O) groups excluding carboxylic acids is 1. The highest BCUT2D eigenvalue weighted by Crippen LogP contribution is 2.24. The van der Waals surface area contributed by atoms with Crippen LogP contribution in [0.25, 0.3) is 10.9 Å². The molecule has 0 unspecified atom stereocenters. The predicted molar refractivity (Wildman–Crippen MR) is 121 cm³/mol. The molecule has 0 fully saturated rings. The fourth-order valence-electron chi connectivity index (χ4n) is 3.42. The van der Waals surface area contributed by atoms with Gasteiger partial charge < -0.3 is 15.8 Å². The third-order valence-electron chi connectivity index (χ3n) is 4.90. The van der Waals surface area contributed by atoms with Crippen molar-refractivity contribution in [2.75, 3.05) is 12.3 Å². The van der Waals surface area contributed by atoms with Crippen LogP contribution < -0.4 is 11.1 Å². The Morgan fingerprint density at radius 3 is 2.52 bits per heavy atom. The van der Waals surface area contributed by atoms with Gasteiger partial charge in [-0.3, -0.25) is 0 Å². The highest BCUT2D eigenvalue weighted by molar-refractivity contribution is 5.84. The Kier molecular flexibility index (Phi) is 8.74. The van der Waals surface area contributed by atoms with E-state index in [1.165, 1.54) is 29.4 Å². The molecule has 1 aromatic heterocycles. The zero-order valence-corrected chi connectivity index (χ0v) is 18.5. The first-order valence-corrected chi connectivity index (χ1v) is 10.9. The molecule has 1 amide bonds. The van der Waals surface area contributed by atoms with E-state index in [4.69, 9.17) is 10.5 Å². The molecule has 5 nitrogen and oxygen atoms in total. The van der Waals surface area contributed by atoms with Crippen molar-refractivity contribution in [3.05, 3.63) is 35.4 Å². The van der Waals surface area contributed by atoms with Gasteiger partial charge in [-0.05, 0) is 76.1 Å². The molecule has 0 bridgehead atoms. The fourth-order valence-corrected chi connectivity index (χ4v) is 3.42. The number of nitrogens with two attached hydrogens (primary N) is 1. The maximum atomic E-state index is 11.7. The summed E-state index contributed by atoms with van der Waals surface area (Å²) < 4.78 is 5.25. The van der Waals surface area contributed by atoms with E-state index in [0.717, 1.165) is 44.0 Å². The van der Waals surface area contributed by atoms with Gasteiger partial charge in [-0.1, -0.05) is 38.3 Å². The highest BCUT2D eigenvalue weighted by atomic mass is 16.6. The number of nitrogens with one attached hydrogen (secondary N) is 1. The number of alkyl carbamates (subject to hydrolysis) is 1. The van der Waals surface area contributed by atoms with Crippen LogP contribution >= 0.6 is 0 Å². The van der Waals surface area contributed by atoms with Gasteiger partial charge >= 0.3 is 6.09 Å². The lowest BCUT2D eigenvalue weighted by Crippen LogP contribution is -2.32. The number of rotatable bonds is 10. The zero-order chi connectivity index (χ0) is 21.3. The van der Waals surface area contributed by atoms with Crippen LogP contribution in [0.15, 0.2) is 24.3 Å². The monoisotopic (exact) mass is 399 g/mol. The summed E-state index contributed by atoms with van der Waals surface area (Å²) in [6, 6.07) is 8.53. The van der Waals surface area contributed by atoms with E-state index >= 15 is 0 Å². The molecule has 0 aliphatic carbocycles. The van der Waals surface area contributed by atoms with Gasteiger partial charge in [0.1, 0.15) is 11.4 Å². The summed E-state index contributed by atoms with van der Waals surface area (Å²) in [6.45, 7) is 8.46. The van der Waals surface area contributed by atoms with E-state index in [0.29, 0.717) is 12.4 Å². The van der Waals surface area contributed by atoms with Crippen LogP contribution in [0.4, 0.5) is 10.6 Å². The van der Waals surface area contributed by atoms with Gasteiger partial charge in [-0.15, -0.1) is 0 Å². The van der Waals surface area contributed by atoms with Crippen molar-refractivity contribution in [1.29, 1.82) is 0 Å². The van der Waals surface area contributed by atoms with Gasteiger partial charge in [0, 0.05) is 11.9 Å². The maximum Gasteiger partial charge on any atom is 0.407 e. The quantitative estimate of drug-likeness (QED) is 0.496. The average molecular weight is 400 g/mol. The van der Waals surface area contributed by atoms with Gasteiger partial charge in [-0.2, -0.15) is 0 Å². The summed E-state index contributed by atoms with van der Waals surface area (Å²) in [5, 5.41) is 4.04. The van der Waals surface area contributed by atoms with Gasteiger partial charge in [0.2, 0.25) is 0 Å². The third-order valence-corrected chi connectivity index (χ3v) is 4.90. The second-order valence-corrected chi connectivity index (χ2v) is 8.71. The molecule has 3 N–H and O–H groups in total. The number of unbranched alkanes of at least 4 members (excludes halogenated alkanes) is 4. The Morgan fingerprint density at radius 2 is 1.79 bits per heavy atom. The molecule has 5 heteroatoms. The molecule has 29 heavy (non-hydrogen) atoms. The van der Waals surface area contributed by atoms with Crippen molar-refractivity contribution in [2.24, 2.45) is 0 Å². The van der Waals surface area contributed by atoms with Crippen LogP contribution in [0.2, 0.25) is 0 Å². The number of benzene rings is 1. The second-order valence-electron chi connectivity index (χ2n) is 8.71. The average Bonchev–Trinajstić information content (AvgIpc) is 2.64. The molecule has 0 atom stereocenters. The molecule has 0 aliphatic rings. The first kappa shape index (κ1) is 23.0. The van der Waals surface area contributed by atoms with E-state index in [2.05, 4.69) is 35.4 Å². The van der Waals surface area contributed by atoms with Crippen molar-refractivity contribution in [2.45, 2.75) is 84.7 Å². The summed E-state index contributed by atoms with van der Waals surface area (Å²) >= 11 is 0. The summed E-state index contributed by atoms with van der Waals surface area (Å²) in [6.07, 6.45) is 8.30. The molecule has 2 aromatic rings. The highest BCUT2D eigenvalue weighted by Gasteiger charge is 2.15. The number of ether oxygens (including phenoxy) is 1. The number of anilines is 1. The van der Waals surface area contributed by atoms with Crippen molar-refractivity contribution < 1.29 is 9.53 Å². The molecule has 0 spiro atoms. The molecule has 2 rings (SSSR count). The van der Waals surface area contributed by atoms with Crippen LogP contribution in [-0.2, 0) is 17.6 Å². The van der Waals surface area contributed by atoms with Crippen LogP contribution in [0.1, 0.15) is 77.3 Å². The van der Waals surface area contributed by atoms with E-state index in [9.17, 15) is 4.79 Å². The Labute approximate surface area is 175 Å². The molecule has 1 heterocycles. The number of hydrogen-bond donors (Lipinski definition) is 2. The lowest BCUT2D eigenvalue weighted by atomic mass is 9.99. The SMILES string of the molecule is CCCCCc1cc2c(CCCCCNC(=O)OC(C)(C)C)cccc2nc1N. The number of aromatic nitrogens is 1. The predicted octanol–water partition coefficient (Wildman–Crippen LogP) is 5.79. The maximum absolute atomic E-state index is 11.7. The minimum absolute atomic E-state index is 0.342. The molecule has 0 radical (unpaired) electrons. The van der Waals surface area contributed by atoms with E-state index in [1.807, 2.05) is 26.8 Å². The summed E-state index contributed by atoms with van der Waals surface area (Å²) in [5.74, 6) is 0.666. The van der Waals surface area contributed by atoms with Crippen molar-refractivity contribution in [3.8, 4) is 0 Å². The van der Waals surface area contributed by atoms with E-state index in [1.54, 1.807) is 0 Å². The lowest BCUT2D eigenvalue weighted by molar-refractivity contribution is 0.0527. The van der Waals surface area contributed by atoms with Crippen LogP contribution in [0, 0.1) is 0 Å². The standard InChI is InChI=1S/C24H37N3O2/c1-5-6-8-13-19-17-20-18(14-11-15-21(20)27-22(19)25)12-9-7-10-16-26-23(28)29-24(2,3)4/h11,14-15,17H,5-10,12-13,16H2,1-4H3,(H2,25,27)(H,26,28). The first-order valence-electron chi connectivity index (χ1n) is 10.9. The number of aryl methyl sites for hydroxylation is 2. The summed E-state index contributed by atoms with van der Waals surface area (Å²) in [4.78, 5) is 16.3.